The van der Waals surface area contributed by atoms with Gasteiger partial charge in [-0.05, 0) is 31.7 Å². The van der Waals surface area contributed by atoms with Crippen molar-refractivity contribution in [3.63, 3.8) is 0 Å². The fourth-order valence-electron chi connectivity index (χ4n) is 2.73. The molecule has 0 aromatic carbocycles. The molecule has 0 bridgehead atoms. The second kappa shape index (κ2) is 3.87. The molecule has 1 spiro atoms. The van der Waals surface area contributed by atoms with Crippen LogP contribution in [0.1, 0.15) is 25.7 Å². The molecule has 2 atom stereocenters. The molecule has 0 aromatic rings. The summed E-state index contributed by atoms with van der Waals surface area (Å²) < 4.78 is 5.50. The average molecular weight is 198 g/mol. The molecule has 2 fully saturated rings. The highest BCUT2D eigenvalue weighted by Crippen LogP contribution is 2.35. The van der Waals surface area contributed by atoms with Crippen LogP contribution in [0.25, 0.3) is 0 Å². The first-order valence-corrected chi connectivity index (χ1v) is 5.34. The number of primary amides is 1. The first-order chi connectivity index (χ1) is 6.73. The molecule has 14 heavy (non-hydrogen) atoms. The van der Waals surface area contributed by atoms with Crippen molar-refractivity contribution in [3.8, 4) is 0 Å². The van der Waals surface area contributed by atoms with Gasteiger partial charge in [-0.25, -0.2) is 0 Å². The van der Waals surface area contributed by atoms with E-state index in [4.69, 9.17) is 10.5 Å². The third-order valence-corrected chi connectivity index (χ3v) is 3.47. The van der Waals surface area contributed by atoms with Crippen molar-refractivity contribution in [2.45, 2.75) is 31.2 Å². The lowest BCUT2D eigenvalue weighted by Crippen LogP contribution is -2.52. The maximum Gasteiger partial charge on any atom is 0.217 e. The topological polar surface area (TPSA) is 64.4 Å². The van der Waals surface area contributed by atoms with E-state index >= 15 is 0 Å². The maximum atomic E-state index is 10.9. The van der Waals surface area contributed by atoms with E-state index in [0.29, 0.717) is 12.3 Å². The van der Waals surface area contributed by atoms with Gasteiger partial charge in [0.1, 0.15) is 0 Å². The predicted octanol–water partition coefficient (Wildman–Crippen LogP) is 0.0205. The minimum Gasteiger partial charge on any atom is -0.380 e. The van der Waals surface area contributed by atoms with Gasteiger partial charge in [-0.2, -0.15) is 0 Å². The minimum atomic E-state index is -0.191. The van der Waals surface area contributed by atoms with Gasteiger partial charge < -0.3 is 15.8 Å². The molecule has 80 valence electrons. The Morgan fingerprint density at radius 1 is 1.64 bits per heavy atom. The van der Waals surface area contributed by atoms with E-state index in [-0.39, 0.29) is 11.4 Å². The second-order valence-corrected chi connectivity index (χ2v) is 4.40. The predicted molar refractivity (Wildman–Crippen MR) is 52.7 cm³/mol. The molecule has 3 N–H and O–H groups in total. The summed E-state index contributed by atoms with van der Waals surface area (Å²) in [7, 11) is 0. The minimum absolute atomic E-state index is 0.0489. The van der Waals surface area contributed by atoms with Crippen LogP contribution in [0, 0.1) is 5.92 Å². The Morgan fingerprint density at radius 2 is 2.50 bits per heavy atom. The molecule has 2 heterocycles. The number of nitrogens with two attached hydrogens (primary N) is 1. The Hall–Kier alpha value is -0.610. The molecule has 2 aliphatic rings. The van der Waals surface area contributed by atoms with Crippen LogP contribution in [0.3, 0.4) is 0 Å². The summed E-state index contributed by atoms with van der Waals surface area (Å²) in [6.45, 7) is 2.58. The van der Waals surface area contributed by atoms with Crippen LogP contribution < -0.4 is 11.1 Å². The van der Waals surface area contributed by atoms with E-state index in [1.165, 1.54) is 0 Å². The smallest absolute Gasteiger partial charge is 0.217 e. The number of rotatable bonds is 2. The number of carbonyl (C=O) groups is 1. The van der Waals surface area contributed by atoms with E-state index in [1.807, 2.05) is 0 Å². The highest BCUT2D eigenvalue weighted by Gasteiger charge is 2.44. The summed E-state index contributed by atoms with van der Waals surface area (Å²) >= 11 is 0. The van der Waals surface area contributed by atoms with Gasteiger partial charge in [0.15, 0.2) is 0 Å². The molecule has 4 heteroatoms. The molecule has 0 saturated carbocycles. The third-order valence-electron chi connectivity index (χ3n) is 3.47. The SMILES string of the molecule is NC(=O)CC1CCNC12CCCOC2. The largest absolute Gasteiger partial charge is 0.380 e. The first kappa shape index (κ1) is 9.93. The first-order valence-electron chi connectivity index (χ1n) is 5.34. The second-order valence-electron chi connectivity index (χ2n) is 4.40. The van der Waals surface area contributed by atoms with Crippen LogP contribution in [0.5, 0.6) is 0 Å². The molecule has 2 saturated heterocycles. The Bertz CT molecular complexity index is 224. The van der Waals surface area contributed by atoms with Crippen molar-refractivity contribution in [2.75, 3.05) is 19.8 Å². The average Bonchev–Trinajstić information content (AvgIpc) is 2.50. The lowest BCUT2D eigenvalue weighted by atomic mass is 9.79. The fourth-order valence-corrected chi connectivity index (χ4v) is 2.73. The van der Waals surface area contributed by atoms with E-state index < -0.39 is 0 Å². The Morgan fingerprint density at radius 3 is 3.14 bits per heavy atom. The summed E-state index contributed by atoms with van der Waals surface area (Å²) in [5, 5.41) is 3.49. The normalized spacial score (nSPS) is 37.6. The summed E-state index contributed by atoms with van der Waals surface area (Å²) in [6, 6.07) is 0. The maximum absolute atomic E-state index is 10.9. The summed E-state index contributed by atoms with van der Waals surface area (Å²) in [4.78, 5) is 10.9. The number of hydrogen-bond acceptors (Lipinski definition) is 3. The molecule has 2 rings (SSSR count). The van der Waals surface area contributed by atoms with Gasteiger partial charge in [0.2, 0.25) is 5.91 Å². The molecule has 2 aliphatic heterocycles. The van der Waals surface area contributed by atoms with Crippen LogP contribution in [0.4, 0.5) is 0 Å². The number of hydrogen-bond donors (Lipinski definition) is 2. The number of ether oxygens (including phenoxy) is 1. The van der Waals surface area contributed by atoms with Crippen molar-refractivity contribution in [3.05, 3.63) is 0 Å². The van der Waals surface area contributed by atoms with Gasteiger partial charge in [0, 0.05) is 18.6 Å². The summed E-state index contributed by atoms with van der Waals surface area (Å²) in [6.07, 6.45) is 3.75. The third kappa shape index (κ3) is 1.77. The lowest BCUT2D eigenvalue weighted by Gasteiger charge is -2.38. The Balaban J connectivity index is 2.03. The van der Waals surface area contributed by atoms with Crippen molar-refractivity contribution >= 4 is 5.91 Å². The van der Waals surface area contributed by atoms with E-state index in [2.05, 4.69) is 5.32 Å². The molecule has 2 unspecified atom stereocenters. The zero-order chi connectivity index (χ0) is 10.0. The lowest BCUT2D eigenvalue weighted by molar-refractivity contribution is -0.119. The zero-order valence-electron chi connectivity index (χ0n) is 8.42. The molecular formula is C10H18N2O2. The van der Waals surface area contributed by atoms with Crippen molar-refractivity contribution in [1.29, 1.82) is 0 Å². The standard InChI is InChI=1S/C10H18N2O2/c11-9(13)6-8-2-4-12-10(8)3-1-5-14-7-10/h8,12H,1-7H2,(H2,11,13). The number of nitrogens with one attached hydrogen (secondary N) is 1. The van der Waals surface area contributed by atoms with Gasteiger partial charge in [-0.15, -0.1) is 0 Å². The molecule has 0 aliphatic carbocycles. The highest BCUT2D eigenvalue weighted by molar-refractivity contribution is 5.74. The van der Waals surface area contributed by atoms with Crippen molar-refractivity contribution < 1.29 is 9.53 Å². The van der Waals surface area contributed by atoms with Crippen LogP contribution in [-0.4, -0.2) is 31.2 Å². The van der Waals surface area contributed by atoms with E-state index in [9.17, 15) is 4.79 Å². The van der Waals surface area contributed by atoms with Crippen LogP contribution >= 0.6 is 0 Å². The van der Waals surface area contributed by atoms with Crippen LogP contribution in [-0.2, 0) is 9.53 Å². The zero-order valence-corrected chi connectivity index (χ0v) is 8.42. The fraction of sp³-hybridized carbons (Fsp3) is 0.900. The van der Waals surface area contributed by atoms with Crippen molar-refractivity contribution in [1.82, 2.24) is 5.32 Å². The molecule has 0 radical (unpaired) electrons. The van der Waals surface area contributed by atoms with Gasteiger partial charge in [0.05, 0.1) is 6.61 Å². The summed E-state index contributed by atoms with van der Waals surface area (Å²) in [5.41, 5.74) is 5.30. The van der Waals surface area contributed by atoms with Crippen molar-refractivity contribution in [2.24, 2.45) is 11.7 Å². The Kier molecular flexibility index (Phi) is 2.74. The number of amides is 1. The van der Waals surface area contributed by atoms with Gasteiger partial charge in [0.25, 0.3) is 0 Å². The summed E-state index contributed by atoms with van der Waals surface area (Å²) in [5.74, 6) is 0.184. The molecular weight excluding hydrogens is 180 g/mol. The van der Waals surface area contributed by atoms with Crippen LogP contribution in [0.15, 0.2) is 0 Å². The monoisotopic (exact) mass is 198 g/mol. The van der Waals surface area contributed by atoms with E-state index in [1.54, 1.807) is 0 Å². The molecule has 4 nitrogen and oxygen atoms in total. The molecule has 0 aromatic heterocycles. The van der Waals surface area contributed by atoms with Gasteiger partial charge in [-0.1, -0.05) is 0 Å². The number of carbonyl (C=O) groups excluding carboxylic acids is 1. The quantitative estimate of drug-likeness (QED) is 0.657. The Labute approximate surface area is 84.2 Å². The van der Waals surface area contributed by atoms with E-state index in [0.717, 1.165) is 39.0 Å². The van der Waals surface area contributed by atoms with Crippen LogP contribution in [0.2, 0.25) is 0 Å². The highest BCUT2D eigenvalue weighted by atomic mass is 16.5. The van der Waals surface area contributed by atoms with Gasteiger partial charge >= 0.3 is 0 Å². The van der Waals surface area contributed by atoms with Gasteiger partial charge in [-0.3, -0.25) is 4.79 Å². The molecule has 1 amide bonds.